The van der Waals surface area contributed by atoms with Crippen molar-refractivity contribution >= 4 is 5.91 Å². The molecule has 1 aromatic carbocycles. The molecule has 1 fully saturated rings. The number of likely N-dealkylation sites (tertiary alicyclic amines) is 1. The van der Waals surface area contributed by atoms with Crippen molar-refractivity contribution < 1.29 is 23.5 Å². The fraction of sp³-hybridized carbons (Fsp3) is 0.500. The number of nitrogens with one attached hydrogen (secondary N) is 1. The molecule has 1 amide bonds. The van der Waals surface area contributed by atoms with Crippen LogP contribution in [0.1, 0.15) is 35.8 Å². The minimum atomic E-state index is -0.367. The van der Waals surface area contributed by atoms with Gasteiger partial charge in [0.05, 0.1) is 0 Å². The number of rotatable bonds is 7. The summed E-state index contributed by atoms with van der Waals surface area (Å²) in [6.45, 7) is 3.88. The number of carbonyl (C=O) groups excluding carboxylic acids is 1. The van der Waals surface area contributed by atoms with Crippen LogP contribution in [0.25, 0.3) is 0 Å². The highest BCUT2D eigenvalue weighted by molar-refractivity contribution is 5.89. The Kier molecular flexibility index (Phi) is 5.38. The third-order valence-electron chi connectivity index (χ3n) is 4.54. The predicted molar refractivity (Wildman–Crippen MR) is 93.8 cm³/mol. The SMILES string of the molecule is O=C(NCCN1CCCCC1)c1nc(COc2ccc3c(c2)OCO3)no1. The first-order chi connectivity index (χ1) is 13.3. The van der Waals surface area contributed by atoms with E-state index in [9.17, 15) is 4.79 Å². The first kappa shape index (κ1) is 17.6. The Labute approximate surface area is 156 Å². The van der Waals surface area contributed by atoms with Gasteiger partial charge in [-0.1, -0.05) is 11.6 Å². The molecule has 3 heterocycles. The summed E-state index contributed by atoms with van der Waals surface area (Å²) in [5.74, 6) is 1.79. The summed E-state index contributed by atoms with van der Waals surface area (Å²) in [5.41, 5.74) is 0. The number of piperidine rings is 1. The van der Waals surface area contributed by atoms with Gasteiger partial charge in [-0.25, -0.2) is 0 Å². The molecule has 0 unspecified atom stereocenters. The van der Waals surface area contributed by atoms with Gasteiger partial charge in [0.15, 0.2) is 18.1 Å². The van der Waals surface area contributed by atoms with Crippen molar-refractivity contribution in [3.8, 4) is 17.2 Å². The molecule has 1 saturated heterocycles. The van der Waals surface area contributed by atoms with E-state index in [1.807, 2.05) is 0 Å². The molecule has 4 rings (SSSR count). The van der Waals surface area contributed by atoms with Gasteiger partial charge >= 0.3 is 11.8 Å². The molecule has 2 aromatic rings. The second-order valence-corrected chi connectivity index (χ2v) is 6.48. The molecule has 27 heavy (non-hydrogen) atoms. The number of carbonyl (C=O) groups is 1. The van der Waals surface area contributed by atoms with Crippen molar-refractivity contribution in [2.45, 2.75) is 25.9 Å². The summed E-state index contributed by atoms with van der Waals surface area (Å²) in [6, 6.07) is 5.27. The van der Waals surface area contributed by atoms with Crippen LogP contribution in [0.5, 0.6) is 17.2 Å². The van der Waals surface area contributed by atoms with Crippen LogP contribution in [0.3, 0.4) is 0 Å². The van der Waals surface area contributed by atoms with Gasteiger partial charge in [0, 0.05) is 19.2 Å². The largest absolute Gasteiger partial charge is 0.485 e. The first-order valence-electron chi connectivity index (χ1n) is 9.13. The average molecular weight is 374 g/mol. The van der Waals surface area contributed by atoms with Gasteiger partial charge in [-0.2, -0.15) is 4.98 Å². The highest BCUT2D eigenvalue weighted by Gasteiger charge is 2.17. The Bertz CT molecular complexity index is 788. The number of ether oxygens (including phenoxy) is 3. The number of benzene rings is 1. The van der Waals surface area contributed by atoms with Gasteiger partial charge in [-0.3, -0.25) is 4.79 Å². The van der Waals surface area contributed by atoms with E-state index in [-0.39, 0.29) is 25.2 Å². The quantitative estimate of drug-likeness (QED) is 0.780. The number of aromatic nitrogens is 2. The average Bonchev–Trinajstić information content (AvgIpc) is 3.36. The summed E-state index contributed by atoms with van der Waals surface area (Å²) < 4.78 is 21.2. The van der Waals surface area contributed by atoms with E-state index in [4.69, 9.17) is 18.7 Å². The number of amides is 1. The predicted octanol–water partition coefficient (Wildman–Crippen LogP) is 1.59. The van der Waals surface area contributed by atoms with Gasteiger partial charge in [0.1, 0.15) is 5.75 Å². The summed E-state index contributed by atoms with van der Waals surface area (Å²) >= 11 is 0. The van der Waals surface area contributed by atoms with Crippen LogP contribution in [0, 0.1) is 0 Å². The summed E-state index contributed by atoms with van der Waals surface area (Å²) in [7, 11) is 0. The lowest BCUT2D eigenvalue weighted by molar-refractivity contribution is 0.0902. The zero-order chi connectivity index (χ0) is 18.5. The Morgan fingerprint density at radius 3 is 2.93 bits per heavy atom. The highest BCUT2D eigenvalue weighted by atomic mass is 16.7. The maximum atomic E-state index is 12.1. The van der Waals surface area contributed by atoms with Gasteiger partial charge < -0.3 is 29.0 Å². The molecule has 0 radical (unpaired) electrons. The van der Waals surface area contributed by atoms with E-state index in [0.29, 0.717) is 29.6 Å². The lowest BCUT2D eigenvalue weighted by Gasteiger charge is -2.26. The normalized spacial score (nSPS) is 16.3. The van der Waals surface area contributed by atoms with E-state index < -0.39 is 0 Å². The lowest BCUT2D eigenvalue weighted by atomic mass is 10.1. The van der Waals surface area contributed by atoms with Crippen LogP contribution in [0.2, 0.25) is 0 Å². The molecule has 2 aliphatic rings. The van der Waals surface area contributed by atoms with Gasteiger partial charge in [0.2, 0.25) is 12.6 Å². The zero-order valence-electron chi connectivity index (χ0n) is 15.0. The number of hydrogen-bond donors (Lipinski definition) is 1. The van der Waals surface area contributed by atoms with Crippen LogP contribution in [0.4, 0.5) is 0 Å². The molecule has 2 aliphatic heterocycles. The molecule has 0 saturated carbocycles. The monoisotopic (exact) mass is 374 g/mol. The maximum Gasteiger partial charge on any atom is 0.316 e. The molecule has 0 aliphatic carbocycles. The number of nitrogens with zero attached hydrogens (tertiary/aromatic N) is 3. The van der Waals surface area contributed by atoms with E-state index in [0.717, 1.165) is 19.6 Å². The van der Waals surface area contributed by atoms with Crippen molar-refractivity contribution in [1.29, 1.82) is 0 Å². The zero-order valence-corrected chi connectivity index (χ0v) is 15.0. The molecule has 144 valence electrons. The molecule has 1 aromatic heterocycles. The summed E-state index contributed by atoms with van der Waals surface area (Å²) in [6.07, 6.45) is 3.75. The molecule has 9 nitrogen and oxygen atoms in total. The highest BCUT2D eigenvalue weighted by Crippen LogP contribution is 2.35. The van der Waals surface area contributed by atoms with Crippen molar-refractivity contribution in [3.63, 3.8) is 0 Å². The third kappa shape index (κ3) is 4.48. The standard InChI is InChI=1S/C18H22N4O5/c23-17(19-6-9-22-7-2-1-3-8-22)18-20-16(21-27-18)11-24-13-4-5-14-15(10-13)26-12-25-14/h4-5,10H,1-3,6-9,11-12H2,(H,19,23). The Balaban J connectivity index is 1.23. The van der Waals surface area contributed by atoms with Crippen molar-refractivity contribution in [3.05, 3.63) is 29.9 Å². The molecule has 0 spiro atoms. The smallest absolute Gasteiger partial charge is 0.316 e. The Hall–Kier alpha value is -2.81. The topological polar surface area (TPSA) is 99.0 Å². The van der Waals surface area contributed by atoms with E-state index in [1.165, 1.54) is 19.3 Å². The number of hydrogen-bond acceptors (Lipinski definition) is 8. The molecule has 0 atom stereocenters. The van der Waals surface area contributed by atoms with Crippen LogP contribution < -0.4 is 19.5 Å². The fourth-order valence-corrected chi connectivity index (χ4v) is 3.11. The van der Waals surface area contributed by atoms with Crippen LogP contribution in [0.15, 0.2) is 22.7 Å². The second kappa shape index (κ2) is 8.26. The van der Waals surface area contributed by atoms with Crippen molar-refractivity contribution in [2.24, 2.45) is 0 Å². The van der Waals surface area contributed by atoms with Crippen LogP contribution in [-0.4, -0.2) is 53.9 Å². The fourth-order valence-electron chi connectivity index (χ4n) is 3.11. The van der Waals surface area contributed by atoms with Crippen molar-refractivity contribution in [1.82, 2.24) is 20.4 Å². The molecular formula is C18H22N4O5. The van der Waals surface area contributed by atoms with Crippen molar-refractivity contribution in [2.75, 3.05) is 33.0 Å². The second-order valence-electron chi connectivity index (χ2n) is 6.48. The van der Waals surface area contributed by atoms with Gasteiger partial charge in [-0.15, -0.1) is 0 Å². The molecular weight excluding hydrogens is 352 g/mol. The Morgan fingerprint density at radius 2 is 2.04 bits per heavy atom. The molecule has 0 bridgehead atoms. The minimum absolute atomic E-state index is 0.0575. The molecule has 9 heteroatoms. The summed E-state index contributed by atoms with van der Waals surface area (Å²) in [4.78, 5) is 18.5. The van der Waals surface area contributed by atoms with Gasteiger partial charge in [-0.05, 0) is 38.1 Å². The molecule has 1 N–H and O–H groups in total. The van der Waals surface area contributed by atoms with Crippen LogP contribution in [-0.2, 0) is 6.61 Å². The minimum Gasteiger partial charge on any atom is -0.485 e. The van der Waals surface area contributed by atoms with E-state index >= 15 is 0 Å². The summed E-state index contributed by atoms with van der Waals surface area (Å²) in [5, 5.41) is 6.60. The third-order valence-corrected chi connectivity index (χ3v) is 4.54. The Morgan fingerprint density at radius 1 is 1.19 bits per heavy atom. The van der Waals surface area contributed by atoms with E-state index in [2.05, 4.69) is 20.4 Å². The maximum absolute atomic E-state index is 12.1. The lowest BCUT2D eigenvalue weighted by Crippen LogP contribution is -2.37. The van der Waals surface area contributed by atoms with E-state index in [1.54, 1.807) is 18.2 Å². The number of fused-ring (bicyclic) bond motifs is 1. The van der Waals surface area contributed by atoms with Crippen LogP contribution >= 0.6 is 0 Å². The first-order valence-corrected chi connectivity index (χ1v) is 9.13. The van der Waals surface area contributed by atoms with Gasteiger partial charge in [0.25, 0.3) is 0 Å².